The Morgan fingerprint density at radius 3 is 2.23 bits per heavy atom. The number of aromatic hydroxyl groups is 1. The Labute approximate surface area is 128 Å². The Balaban J connectivity index is 2.28. The first kappa shape index (κ1) is 14.1. The monoisotopic (exact) mass is 292 g/mol. The van der Waals surface area contributed by atoms with E-state index in [2.05, 4.69) is 5.10 Å². The molecule has 1 aromatic heterocycles. The predicted molar refractivity (Wildman–Crippen MR) is 86.4 cm³/mol. The van der Waals surface area contributed by atoms with E-state index in [0.717, 1.165) is 5.56 Å². The summed E-state index contributed by atoms with van der Waals surface area (Å²) in [6, 6.07) is 16.7. The molecule has 0 saturated carbocycles. The lowest BCUT2D eigenvalue weighted by Crippen LogP contribution is -2.23. The van der Waals surface area contributed by atoms with Crippen LogP contribution in [0.25, 0.3) is 16.8 Å². The van der Waals surface area contributed by atoms with Crippen molar-refractivity contribution in [2.45, 2.75) is 13.8 Å². The second kappa shape index (κ2) is 5.48. The van der Waals surface area contributed by atoms with E-state index in [1.165, 1.54) is 4.68 Å². The zero-order chi connectivity index (χ0) is 15.7. The summed E-state index contributed by atoms with van der Waals surface area (Å²) >= 11 is 0. The van der Waals surface area contributed by atoms with Crippen molar-refractivity contribution in [3.63, 3.8) is 0 Å². The van der Waals surface area contributed by atoms with Crippen molar-refractivity contribution in [2.75, 3.05) is 0 Å². The molecule has 1 N–H and O–H groups in total. The first-order valence-corrected chi connectivity index (χ1v) is 7.03. The lowest BCUT2D eigenvalue weighted by Gasteiger charge is -2.11. The summed E-state index contributed by atoms with van der Waals surface area (Å²) in [4.78, 5) is 12.8. The van der Waals surface area contributed by atoms with Crippen LogP contribution in [0.3, 0.4) is 0 Å². The molecule has 2 aromatic carbocycles. The number of aryl methyl sites for hydroxylation is 2. The van der Waals surface area contributed by atoms with Gasteiger partial charge in [0.2, 0.25) is 0 Å². The Morgan fingerprint density at radius 2 is 1.59 bits per heavy atom. The van der Waals surface area contributed by atoms with Gasteiger partial charge in [-0.3, -0.25) is 4.79 Å². The van der Waals surface area contributed by atoms with Gasteiger partial charge in [0.1, 0.15) is 5.69 Å². The summed E-state index contributed by atoms with van der Waals surface area (Å²) < 4.78 is 1.33. The van der Waals surface area contributed by atoms with Crippen LogP contribution >= 0.6 is 0 Å². The summed E-state index contributed by atoms with van der Waals surface area (Å²) in [5.41, 5.74) is 2.81. The average Bonchev–Trinajstić information content (AvgIpc) is 2.53. The molecule has 0 fully saturated rings. The quantitative estimate of drug-likeness (QED) is 0.789. The standard InChI is InChI=1S/C18H16N2O2/c1-12-8-10-15(11-9-12)20-18(22)16(17(21)13(2)19-20)14-6-4-3-5-7-14/h3-11,21H,1-2H3. The molecule has 4 nitrogen and oxygen atoms in total. The van der Waals surface area contributed by atoms with E-state index in [9.17, 15) is 9.90 Å². The first-order chi connectivity index (χ1) is 10.6. The molecule has 0 bridgehead atoms. The highest BCUT2D eigenvalue weighted by Gasteiger charge is 2.16. The van der Waals surface area contributed by atoms with E-state index < -0.39 is 0 Å². The van der Waals surface area contributed by atoms with Crippen LogP contribution < -0.4 is 5.56 Å². The minimum Gasteiger partial charge on any atom is -0.505 e. The van der Waals surface area contributed by atoms with E-state index in [0.29, 0.717) is 16.9 Å². The van der Waals surface area contributed by atoms with Crippen molar-refractivity contribution in [2.24, 2.45) is 0 Å². The summed E-state index contributed by atoms with van der Waals surface area (Å²) in [6.45, 7) is 3.67. The van der Waals surface area contributed by atoms with Crippen molar-refractivity contribution in [3.8, 4) is 22.6 Å². The van der Waals surface area contributed by atoms with Crippen LogP contribution in [0.5, 0.6) is 5.75 Å². The van der Waals surface area contributed by atoms with Gasteiger partial charge in [-0.15, -0.1) is 0 Å². The molecule has 0 atom stereocenters. The molecule has 0 spiro atoms. The van der Waals surface area contributed by atoms with Crippen LogP contribution in [0.1, 0.15) is 11.3 Å². The molecule has 0 aliphatic rings. The normalized spacial score (nSPS) is 10.6. The fraction of sp³-hybridized carbons (Fsp3) is 0.111. The molecule has 0 aliphatic heterocycles. The number of benzene rings is 2. The number of aromatic nitrogens is 2. The van der Waals surface area contributed by atoms with Gasteiger partial charge in [0.25, 0.3) is 5.56 Å². The highest BCUT2D eigenvalue weighted by molar-refractivity contribution is 5.70. The van der Waals surface area contributed by atoms with Crippen molar-refractivity contribution < 1.29 is 5.11 Å². The molecule has 1 heterocycles. The third kappa shape index (κ3) is 2.39. The second-order valence-corrected chi connectivity index (χ2v) is 5.23. The van der Waals surface area contributed by atoms with Crippen LogP contribution in [0.4, 0.5) is 0 Å². The molecule has 4 heteroatoms. The van der Waals surface area contributed by atoms with Crippen molar-refractivity contribution >= 4 is 0 Å². The van der Waals surface area contributed by atoms with Gasteiger partial charge in [0.15, 0.2) is 5.75 Å². The smallest absolute Gasteiger partial charge is 0.283 e. The second-order valence-electron chi connectivity index (χ2n) is 5.23. The Bertz CT molecular complexity index is 866. The molecule has 3 rings (SSSR count). The van der Waals surface area contributed by atoms with E-state index >= 15 is 0 Å². The van der Waals surface area contributed by atoms with Crippen LogP contribution in [0.15, 0.2) is 59.4 Å². The molecule has 0 saturated heterocycles. The third-order valence-electron chi connectivity index (χ3n) is 3.58. The highest BCUT2D eigenvalue weighted by Crippen LogP contribution is 2.27. The molecular weight excluding hydrogens is 276 g/mol. The van der Waals surface area contributed by atoms with Gasteiger partial charge in [-0.1, -0.05) is 48.0 Å². The zero-order valence-corrected chi connectivity index (χ0v) is 12.4. The van der Waals surface area contributed by atoms with Gasteiger partial charge in [0, 0.05) is 0 Å². The van der Waals surface area contributed by atoms with Crippen LogP contribution in [-0.2, 0) is 0 Å². The summed E-state index contributed by atoms with van der Waals surface area (Å²) in [7, 11) is 0. The number of rotatable bonds is 2. The SMILES string of the molecule is Cc1ccc(-n2nc(C)c(O)c(-c3ccccc3)c2=O)cc1. The van der Waals surface area contributed by atoms with E-state index in [-0.39, 0.29) is 16.9 Å². The molecule has 0 aliphatic carbocycles. The molecule has 22 heavy (non-hydrogen) atoms. The lowest BCUT2D eigenvalue weighted by molar-refractivity contribution is 0.463. The molecule has 3 aromatic rings. The Kier molecular flexibility index (Phi) is 3.51. The topological polar surface area (TPSA) is 55.1 Å². The van der Waals surface area contributed by atoms with Crippen LogP contribution in [0.2, 0.25) is 0 Å². The van der Waals surface area contributed by atoms with Crippen molar-refractivity contribution in [1.29, 1.82) is 0 Å². The number of nitrogens with zero attached hydrogens (tertiary/aromatic N) is 2. The van der Waals surface area contributed by atoms with E-state index in [1.54, 1.807) is 19.1 Å². The predicted octanol–water partition coefficient (Wildman–Crippen LogP) is 3.22. The van der Waals surface area contributed by atoms with Crippen LogP contribution in [-0.4, -0.2) is 14.9 Å². The number of hydrogen-bond donors (Lipinski definition) is 1. The molecule has 0 unspecified atom stereocenters. The van der Waals surface area contributed by atoms with Gasteiger partial charge < -0.3 is 5.11 Å². The van der Waals surface area contributed by atoms with Gasteiger partial charge in [0.05, 0.1) is 11.3 Å². The molecule has 110 valence electrons. The van der Waals surface area contributed by atoms with E-state index in [4.69, 9.17) is 0 Å². The van der Waals surface area contributed by atoms with Gasteiger partial charge in [-0.2, -0.15) is 9.78 Å². The highest BCUT2D eigenvalue weighted by atomic mass is 16.3. The zero-order valence-electron chi connectivity index (χ0n) is 12.4. The summed E-state index contributed by atoms with van der Waals surface area (Å²) in [5, 5.41) is 14.5. The third-order valence-corrected chi connectivity index (χ3v) is 3.58. The maximum absolute atomic E-state index is 12.8. The van der Waals surface area contributed by atoms with Crippen molar-refractivity contribution in [3.05, 3.63) is 76.2 Å². The van der Waals surface area contributed by atoms with Crippen molar-refractivity contribution in [1.82, 2.24) is 9.78 Å². The minimum absolute atomic E-state index is 0.0699. The minimum atomic E-state index is -0.335. The van der Waals surface area contributed by atoms with Gasteiger partial charge in [-0.25, -0.2) is 0 Å². The maximum Gasteiger partial charge on any atom is 0.283 e. The Hall–Kier alpha value is -2.88. The van der Waals surface area contributed by atoms with Crippen LogP contribution in [0, 0.1) is 13.8 Å². The maximum atomic E-state index is 12.8. The Morgan fingerprint density at radius 1 is 0.955 bits per heavy atom. The molecule has 0 radical (unpaired) electrons. The summed E-state index contributed by atoms with van der Waals surface area (Å²) in [5.74, 6) is -0.0699. The summed E-state index contributed by atoms with van der Waals surface area (Å²) in [6.07, 6.45) is 0. The van der Waals surface area contributed by atoms with Gasteiger partial charge >= 0.3 is 0 Å². The lowest BCUT2D eigenvalue weighted by atomic mass is 10.1. The average molecular weight is 292 g/mol. The fourth-order valence-electron chi connectivity index (χ4n) is 2.36. The van der Waals surface area contributed by atoms with E-state index in [1.807, 2.05) is 49.4 Å². The largest absolute Gasteiger partial charge is 0.505 e. The number of hydrogen-bond acceptors (Lipinski definition) is 3. The fourth-order valence-corrected chi connectivity index (χ4v) is 2.36. The van der Waals surface area contributed by atoms with Gasteiger partial charge in [-0.05, 0) is 31.5 Å². The first-order valence-electron chi connectivity index (χ1n) is 7.03. The molecular formula is C18H16N2O2. The molecule has 0 amide bonds.